The van der Waals surface area contributed by atoms with E-state index < -0.39 is 0 Å². The van der Waals surface area contributed by atoms with Gasteiger partial charge >= 0.3 is 0 Å². The normalized spacial score (nSPS) is 32.0. The lowest BCUT2D eigenvalue weighted by atomic mass is 9.80. The van der Waals surface area contributed by atoms with Crippen LogP contribution in [0.3, 0.4) is 0 Å². The summed E-state index contributed by atoms with van der Waals surface area (Å²) < 4.78 is 0. The van der Waals surface area contributed by atoms with Gasteiger partial charge in [-0.05, 0) is 25.2 Å². The molecular weight excluding hydrogens is 148 g/mol. The molecule has 0 bridgehead atoms. The van der Waals surface area contributed by atoms with E-state index in [1.807, 2.05) is 6.92 Å². The summed E-state index contributed by atoms with van der Waals surface area (Å²) in [5.74, 6) is 2.37. The van der Waals surface area contributed by atoms with Crippen molar-refractivity contribution in [1.82, 2.24) is 0 Å². The van der Waals surface area contributed by atoms with Gasteiger partial charge < -0.3 is 5.73 Å². The van der Waals surface area contributed by atoms with Gasteiger partial charge in [0.05, 0.1) is 5.84 Å². The maximum absolute atomic E-state index is 5.51. The molecule has 0 spiro atoms. The summed E-state index contributed by atoms with van der Waals surface area (Å²) in [6, 6.07) is 0. The minimum atomic E-state index is 0.729. The van der Waals surface area contributed by atoms with Gasteiger partial charge in [0.2, 0.25) is 0 Å². The van der Waals surface area contributed by atoms with Crippen molar-refractivity contribution in [3.63, 3.8) is 0 Å². The molecule has 2 heteroatoms. The SMILES string of the molecule is CC(N)=NCC1CCCCC1C. The Balaban J connectivity index is 2.34. The van der Waals surface area contributed by atoms with Gasteiger partial charge in [0.1, 0.15) is 0 Å². The highest BCUT2D eigenvalue weighted by atomic mass is 14.8. The number of nitrogens with zero attached hydrogens (tertiary/aromatic N) is 1. The first-order valence-corrected chi connectivity index (χ1v) is 4.96. The molecule has 70 valence electrons. The molecule has 0 aromatic heterocycles. The van der Waals surface area contributed by atoms with Crippen LogP contribution in [0.15, 0.2) is 4.99 Å². The largest absolute Gasteiger partial charge is 0.388 e. The van der Waals surface area contributed by atoms with Gasteiger partial charge in [-0.15, -0.1) is 0 Å². The van der Waals surface area contributed by atoms with Crippen LogP contribution in [-0.4, -0.2) is 12.4 Å². The van der Waals surface area contributed by atoms with E-state index in [1.165, 1.54) is 25.7 Å². The molecule has 1 fully saturated rings. The molecule has 0 aliphatic heterocycles. The minimum Gasteiger partial charge on any atom is -0.388 e. The smallest absolute Gasteiger partial charge is 0.0905 e. The van der Waals surface area contributed by atoms with Gasteiger partial charge in [-0.25, -0.2) is 0 Å². The van der Waals surface area contributed by atoms with Crippen molar-refractivity contribution in [2.75, 3.05) is 6.54 Å². The number of hydrogen-bond acceptors (Lipinski definition) is 1. The maximum Gasteiger partial charge on any atom is 0.0905 e. The highest BCUT2D eigenvalue weighted by Gasteiger charge is 2.20. The van der Waals surface area contributed by atoms with Crippen LogP contribution in [0.25, 0.3) is 0 Å². The Hall–Kier alpha value is -0.530. The lowest BCUT2D eigenvalue weighted by Crippen LogP contribution is -2.20. The molecule has 0 radical (unpaired) electrons. The molecule has 2 N–H and O–H groups in total. The molecule has 0 aromatic rings. The highest BCUT2D eigenvalue weighted by molar-refractivity contribution is 5.77. The van der Waals surface area contributed by atoms with Crippen molar-refractivity contribution >= 4 is 5.84 Å². The molecule has 0 heterocycles. The first kappa shape index (κ1) is 9.56. The Morgan fingerprint density at radius 2 is 2.08 bits per heavy atom. The zero-order chi connectivity index (χ0) is 8.97. The Bertz CT molecular complexity index is 159. The van der Waals surface area contributed by atoms with Crippen molar-refractivity contribution in [2.24, 2.45) is 22.6 Å². The molecule has 0 amide bonds. The van der Waals surface area contributed by atoms with Crippen molar-refractivity contribution in [3.05, 3.63) is 0 Å². The second-order valence-corrected chi connectivity index (χ2v) is 4.00. The predicted octanol–water partition coefficient (Wildman–Crippen LogP) is 2.19. The van der Waals surface area contributed by atoms with E-state index in [1.54, 1.807) is 0 Å². The fourth-order valence-corrected chi connectivity index (χ4v) is 1.93. The number of amidine groups is 1. The van der Waals surface area contributed by atoms with E-state index in [0.717, 1.165) is 24.2 Å². The highest BCUT2D eigenvalue weighted by Crippen LogP contribution is 2.29. The summed E-state index contributed by atoms with van der Waals surface area (Å²) in [4.78, 5) is 4.29. The van der Waals surface area contributed by atoms with Crippen LogP contribution in [0, 0.1) is 11.8 Å². The molecular formula is C10H20N2. The van der Waals surface area contributed by atoms with Crippen LogP contribution >= 0.6 is 0 Å². The molecule has 1 aliphatic carbocycles. The quantitative estimate of drug-likeness (QED) is 0.498. The van der Waals surface area contributed by atoms with Crippen molar-refractivity contribution in [1.29, 1.82) is 0 Å². The number of aliphatic imine (C=N–C) groups is 1. The Morgan fingerprint density at radius 3 is 2.67 bits per heavy atom. The van der Waals surface area contributed by atoms with E-state index in [-0.39, 0.29) is 0 Å². The van der Waals surface area contributed by atoms with Crippen LogP contribution in [0.5, 0.6) is 0 Å². The van der Waals surface area contributed by atoms with Crippen molar-refractivity contribution in [2.45, 2.75) is 39.5 Å². The topological polar surface area (TPSA) is 38.4 Å². The van der Waals surface area contributed by atoms with E-state index in [9.17, 15) is 0 Å². The maximum atomic E-state index is 5.51. The van der Waals surface area contributed by atoms with Gasteiger partial charge in [0, 0.05) is 6.54 Å². The summed E-state index contributed by atoms with van der Waals surface area (Å²) in [6.07, 6.45) is 5.51. The summed E-state index contributed by atoms with van der Waals surface area (Å²) in [7, 11) is 0. The van der Waals surface area contributed by atoms with Gasteiger partial charge in [0.15, 0.2) is 0 Å². The van der Waals surface area contributed by atoms with Crippen molar-refractivity contribution in [3.8, 4) is 0 Å². The fraction of sp³-hybridized carbons (Fsp3) is 0.900. The van der Waals surface area contributed by atoms with Gasteiger partial charge in [-0.3, -0.25) is 4.99 Å². The molecule has 2 atom stereocenters. The van der Waals surface area contributed by atoms with Crippen LogP contribution < -0.4 is 5.73 Å². The fourth-order valence-electron chi connectivity index (χ4n) is 1.93. The standard InChI is InChI=1S/C10H20N2/c1-8-5-3-4-6-10(8)7-12-9(2)11/h8,10H,3-7H2,1-2H3,(H2,11,12). The molecule has 2 unspecified atom stereocenters. The number of rotatable bonds is 2. The van der Waals surface area contributed by atoms with Crippen LogP contribution in [0.4, 0.5) is 0 Å². The first-order valence-electron chi connectivity index (χ1n) is 4.96. The van der Waals surface area contributed by atoms with Gasteiger partial charge in [0.25, 0.3) is 0 Å². The second-order valence-electron chi connectivity index (χ2n) is 4.00. The van der Waals surface area contributed by atoms with Crippen LogP contribution in [0.2, 0.25) is 0 Å². The van der Waals surface area contributed by atoms with Crippen LogP contribution in [0.1, 0.15) is 39.5 Å². The third-order valence-corrected chi connectivity index (χ3v) is 2.86. The first-order chi connectivity index (χ1) is 5.70. The molecule has 0 aromatic carbocycles. The lowest BCUT2D eigenvalue weighted by Gasteiger charge is -2.27. The predicted molar refractivity (Wildman–Crippen MR) is 53.3 cm³/mol. The zero-order valence-corrected chi connectivity index (χ0v) is 8.21. The zero-order valence-electron chi connectivity index (χ0n) is 8.21. The van der Waals surface area contributed by atoms with Crippen LogP contribution in [-0.2, 0) is 0 Å². The summed E-state index contributed by atoms with van der Waals surface area (Å²) in [5.41, 5.74) is 5.51. The summed E-state index contributed by atoms with van der Waals surface area (Å²) in [6.45, 7) is 5.15. The van der Waals surface area contributed by atoms with E-state index in [0.29, 0.717) is 0 Å². The molecule has 1 saturated carbocycles. The average Bonchev–Trinajstić information content (AvgIpc) is 2.03. The third kappa shape index (κ3) is 2.84. The monoisotopic (exact) mass is 168 g/mol. The number of nitrogens with two attached hydrogens (primary N) is 1. The Labute approximate surface area is 75.3 Å². The van der Waals surface area contributed by atoms with E-state index >= 15 is 0 Å². The molecule has 2 nitrogen and oxygen atoms in total. The van der Waals surface area contributed by atoms with E-state index in [2.05, 4.69) is 11.9 Å². The molecule has 12 heavy (non-hydrogen) atoms. The Kier molecular flexibility index (Phi) is 3.57. The third-order valence-electron chi connectivity index (χ3n) is 2.86. The van der Waals surface area contributed by atoms with E-state index in [4.69, 9.17) is 5.73 Å². The molecule has 1 rings (SSSR count). The lowest BCUT2D eigenvalue weighted by molar-refractivity contribution is 0.264. The summed E-state index contributed by atoms with van der Waals surface area (Å²) >= 11 is 0. The average molecular weight is 168 g/mol. The Morgan fingerprint density at radius 1 is 1.42 bits per heavy atom. The van der Waals surface area contributed by atoms with Gasteiger partial charge in [-0.2, -0.15) is 0 Å². The second kappa shape index (κ2) is 4.48. The molecule has 1 aliphatic rings. The number of hydrogen-bond donors (Lipinski definition) is 1. The van der Waals surface area contributed by atoms with Gasteiger partial charge in [-0.1, -0.05) is 26.2 Å². The minimum absolute atomic E-state index is 0.729. The van der Waals surface area contributed by atoms with Crippen molar-refractivity contribution < 1.29 is 0 Å². The summed E-state index contributed by atoms with van der Waals surface area (Å²) in [5, 5.41) is 0. The molecule has 0 saturated heterocycles.